The van der Waals surface area contributed by atoms with Gasteiger partial charge in [-0.15, -0.1) is 0 Å². The predicted molar refractivity (Wildman–Crippen MR) is 142 cm³/mol. The average Bonchev–Trinajstić information content (AvgIpc) is 2.82. The first-order chi connectivity index (χ1) is 16.6. The Bertz CT molecular complexity index is 1060. The Hall–Kier alpha value is -2.58. The van der Waals surface area contributed by atoms with E-state index in [0.29, 0.717) is 30.1 Å². The third-order valence-corrected chi connectivity index (χ3v) is 7.30. The van der Waals surface area contributed by atoms with Gasteiger partial charge in [-0.1, -0.05) is 55.8 Å². The minimum Gasteiger partial charge on any atom is -0.352 e. The number of carbonyl (C=O) groups is 2. The molecule has 2 rings (SSSR count). The summed E-state index contributed by atoms with van der Waals surface area (Å²) in [6.45, 7) is 6.26. The van der Waals surface area contributed by atoms with Crippen LogP contribution in [0.5, 0.6) is 0 Å². The number of nitrogens with zero attached hydrogens (tertiary/aromatic N) is 2. The van der Waals surface area contributed by atoms with Crippen molar-refractivity contribution < 1.29 is 18.0 Å². The van der Waals surface area contributed by atoms with Crippen molar-refractivity contribution in [2.45, 2.75) is 65.1 Å². The van der Waals surface area contributed by atoms with Crippen LogP contribution in [-0.4, -0.2) is 50.0 Å². The maximum absolute atomic E-state index is 13.4. The molecule has 0 saturated heterocycles. The van der Waals surface area contributed by atoms with Crippen LogP contribution in [0.4, 0.5) is 5.69 Å². The van der Waals surface area contributed by atoms with Crippen LogP contribution in [0.1, 0.15) is 52.0 Å². The fourth-order valence-corrected chi connectivity index (χ4v) is 4.84. The van der Waals surface area contributed by atoms with Gasteiger partial charge in [-0.3, -0.25) is 13.9 Å². The van der Waals surface area contributed by atoms with E-state index in [-0.39, 0.29) is 30.8 Å². The number of amides is 2. The minimum atomic E-state index is -3.55. The van der Waals surface area contributed by atoms with Crippen LogP contribution < -0.4 is 9.62 Å². The molecule has 0 aliphatic heterocycles. The second kappa shape index (κ2) is 13.5. The summed E-state index contributed by atoms with van der Waals surface area (Å²) in [5, 5.41) is 3.50. The highest BCUT2D eigenvalue weighted by molar-refractivity contribution is 7.92. The maximum Gasteiger partial charge on any atom is 0.243 e. The summed E-state index contributed by atoms with van der Waals surface area (Å²) in [5.41, 5.74) is 1.42. The summed E-state index contributed by atoms with van der Waals surface area (Å²) in [7, 11) is -3.55. The zero-order valence-corrected chi connectivity index (χ0v) is 22.5. The standard InChI is InChI=1S/C26H36ClN3O4S/c1-5-20(3)28-26(32)24(6-2)29(19-21-11-8-7-9-12-21)25(31)13-10-18-30(35(4,33)34)23-16-14-22(27)15-17-23/h7-9,11-12,14-17,20,24H,5-6,10,13,18-19H2,1-4H3,(H,28,32)/t20-,24-/m0/s1. The van der Waals surface area contributed by atoms with Crippen LogP contribution in [0.15, 0.2) is 54.6 Å². The zero-order valence-electron chi connectivity index (χ0n) is 20.9. The molecule has 0 aliphatic carbocycles. The van der Waals surface area contributed by atoms with E-state index in [9.17, 15) is 18.0 Å². The van der Waals surface area contributed by atoms with Crippen molar-refractivity contribution in [2.75, 3.05) is 17.1 Å². The Balaban J connectivity index is 2.18. The van der Waals surface area contributed by atoms with Gasteiger partial charge < -0.3 is 10.2 Å². The number of nitrogens with one attached hydrogen (secondary N) is 1. The lowest BCUT2D eigenvalue weighted by Gasteiger charge is -2.32. The lowest BCUT2D eigenvalue weighted by Crippen LogP contribution is -2.50. The molecule has 9 heteroatoms. The Labute approximate surface area is 214 Å². The van der Waals surface area contributed by atoms with Gasteiger partial charge in [-0.25, -0.2) is 8.42 Å². The van der Waals surface area contributed by atoms with Gasteiger partial charge in [0.2, 0.25) is 21.8 Å². The van der Waals surface area contributed by atoms with E-state index in [2.05, 4.69) is 5.32 Å². The third-order valence-electron chi connectivity index (χ3n) is 5.85. The fraction of sp³-hybridized carbons (Fsp3) is 0.462. The van der Waals surface area contributed by atoms with E-state index in [1.165, 1.54) is 4.31 Å². The fourth-order valence-electron chi connectivity index (χ4n) is 3.75. The van der Waals surface area contributed by atoms with E-state index in [0.717, 1.165) is 18.2 Å². The summed E-state index contributed by atoms with van der Waals surface area (Å²) in [6.07, 6.45) is 2.82. The van der Waals surface area contributed by atoms with Gasteiger partial charge >= 0.3 is 0 Å². The number of hydrogen-bond acceptors (Lipinski definition) is 4. The molecule has 2 amide bonds. The molecule has 0 fully saturated rings. The lowest BCUT2D eigenvalue weighted by molar-refractivity contribution is -0.141. The van der Waals surface area contributed by atoms with Crippen molar-refractivity contribution in [3.8, 4) is 0 Å². The molecule has 2 atom stereocenters. The van der Waals surface area contributed by atoms with Gasteiger partial charge in [-0.05, 0) is 56.0 Å². The Morgan fingerprint density at radius 2 is 1.63 bits per heavy atom. The predicted octanol–water partition coefficient (Wildman–Crippen LogP) is 4.61. The molecule has 2 aromatic rings. The second-order valence-electron chi connectivity index (χ2n) is 8.66. The number of rotatable bonds is 13. The first kappa shape index (κ1) is 28.7. The molecular weight excluding hydrogens is 486 g/mol. The summed E-state index contributed by atoms with van der Waals surface area (Å²) in [4.78, 5) is 28.0. The largest absolute Gasteiger partial charge is 0.352 e. The molecule has 2 aromatic carbocycles. The van der Waals surface area contributed by atoms with E-state index in [1.807, 2.05) is 51.1 Å². The summed E-state index contributed by atoms with van der Waals surface area (Å²) < 4.78 is 26.0. The van der Waals surface area contributed by atoms with Gasteiger partial charge in [-0.2, -0.15) is 0 Å². The number of benzene rings is 2. The SMILES string of the molecule is CC[C@H](C)NC(=O)[C@H](CC)N(Cc1ccccc1)C(=O)CCCN(c1ccc(Cl)cc1)S(C)(=O)=O. The van der Waals surface area contributed by atoms with Crippen molar-refractivity contribution in [2.24, 2.45) is 0 Å². The molecule has 0 heterocycles. The van der Waals surface area contributed by atoms with Gasteiger partial charge in [0.15, 0.2) is 0 Å². The molecule has 0 aromatic heterocycles. The van der Waals surface area contributed by atoms with Crippen molar-refractivity contribution in [1.29, 1.82) is 0 Å². The molecule has 1 N–H and O–H groups in total. The molecule has 192 valence electrons. The Morgan fingerprint density at radius 3 is 2.17 bits per heavy atom. The van der Waals surface area contributed by atoms with Crippen LogP contribution in [0, 0.1) is 0 Å². The van der Waals surface area contributed by atoms with Gasteiger partial charge in [0.25, 0.3) is 0 Å². The summed E-state index contributed by atoms with van der Waals surface area (Å²) in [6, 6.07) is 15.5. The average molecular weight is 522 g/mol. The monoisotopic (exact) mass is 521 g/mol. The van der Waals surface area contributed by atoms with Crippen LogP contribution >= 0.6 is 11.6 Å². The van der Waals surface area contributed by atoms with Crippen LogP contribution in [0.25, 0.3) is 0 Å². The van der Waals surface area contributed by atoms with Crippen molar-refractivity contribution in [1.82, 2.24) is 10.2 Å². The van der Waals surface area contributed by atoms with Gasteiger partial charge in [0.05, 0.1) is 11.9 Å². The molecule has 7 nitrogen and oxygen atoms in total. The van der Waals surface area contributed by atoms with E-state index >= 15 is 0 Å². The van der Waals surface area contributed by atoms with Crippen LogP contribution in [0.3, 0.4) is 0 Å². The van der Waals surface area contributed by atoms with Crippen molar-refractivity contribution in [3.05, 3.63) is 65.2 Å². The van der Waals surface area contributed by atoms with Crippen molar-refractivity contribution >= 4 is 39.1 Å². The molecule has 0 unspecified atom stereocenters. The number of sulfonamides is 1. The Kier molecular flexibility index (Phi) is 11.0. The molecule has 0 saturated carbocycles. The summed E-state index contributed by atoms with van der Waals surface area (Å²) >= 11 is 5.94. The highest BCUT2D eigenvalue weighted by atomic mass is 35.5. The minimum absolute atomic E-state index is 0.00734. The zero-order chi connectivity index (χ0) is 26.0. The van der Waals surface area contributed by atoms with Gasteiger partial charge in [0, 0.05) is 30.6 Å². The normalized spacial score (nSPS) is 13.1. The molecule has 0 radical (unpaired) electrons. The molecule has 0 bridgehead atoms. The number of anilines is 1. The van der Waals surface area contributed by atoms with Crippen LogP contribution in [0.2, 0.25) is 5.02 Å². The highest BCUT2D eigenvalue weighted by Crippen LogP contribution is 2.22. The second-order valence-corrected chi connectivity index (χ2v) is 11.0. The van der Waals surface area contributed by atoms with Crippen LogP contribution in [-0.2, 0) is 26.2 Å². The molecular formula is C26H36ClN3O4S. The van der Waals surface area contributed by atoms with E-state index in [4.69, 9.17) is 11.6 Å². The summed E-state index contributed by atoms with van der Waals surface area (Å²) in [5.74, 6) is -0.366. The molecule has 35 heavy (non-hydrogen) atoms. The molecule has 0 spiro atoms. The lowest BCUT2D eigenvalue weighted by atomic mass is 10.1. The van der Waals surface area contributed by atoms with Gasteiger partial charge in [0.1, 0.15) is 6.04 Å². The first-order valence-corrected chi connectivity index (χ1v) is 14.2. The quantitative estimate of drug-likeness (QED) is 0.417. The number of carbonyl (C=O) groups excluding carboxylic acids is 2. The third kappa shape index (κ3) is 8.85. The van der Waals surface area contributed by atoms with Crippen molar-refractivity contribution in [3.63, 3.8) is 0 Å². The highest BCUT2D eigenvalue weighted by Gasteiger charge is 2.29. The molecule has 0 aliphatic rings. The maximum atomic E-state index is 13.4. The number of hydrogen-bond donors (Lipinski definition) is 1. The topological polar surface area (TPSA) is 86.8 Å². The van der Waals surface area contributed by atoms with E-state index < -0.39 is 16.1 Å². The first-order valence-electron chi connectivity index (χ1n) is 11.9. The Morgan fingerprint density at radius 1 is 1.00 bits per heavy atom. The number of halogens is 1. The smallest absolute Gasteiger partial charge is 0.243 e. The van der Waals surface area contributed by atoms with E-state index in [1.54, 1.807) is 29.2 Å².